The van der Waals surface area contributed by atoms with Crippen molar-refractivity contribution in [3.05, 3.63) is 11.6 Å². The van der Waals surface area contributed by atoms with E-state index in [1.54, 1.807) is 6.08 Å². The Morgan fingerprint density at radius 3 is 2.24 bits per heavy atom. The van der Waals surface area contributed by atoms with Crippen molar-refractivity contribution in [1.82, 2.24) is 0 Å². The third-order valence-corrected chi connectivity index (χ3v) is 2.65. The van der Waals surface area contributed by atoms with Crippen LogP contribution in [0.2, 0.25) is 0 Å². The van der Waals surface area contributed by atoms with Crippen LogP contribution in [0.4, 0.5) is 0 Å². The number of hydrogen-bond donors (Lipinski definition) is 2. The minimum atomic E-state index is -1.08. The first-order chi connectivity index (χ1) is 7.86. The number of rotatable bonds is 8. The van der Waals surface area contributed by atoms with Gasteiger partial charge in [0.1, 0.15) is 0 Å². The van der Waals surface area contributed by atoms with Gasteiger partial charge >= 0.3 is 11.9 Å². The molecule has 0 amide bonds. The molecule has 0 aromatic heterocycles. The molecule has 0 heterocycles. The molecule has 0 spiro atoms. The summed E-state index contributed by atoms with van der Waals surface area (Å²) < 4.78 is 0. The molecule has 0 aliphatic carbocycles. The van der Waals surface area contributed by atoms with Gasteiger partial charge in [0.2, 0.25) is 0 Å². The third kappa shape index (κ3) is 7.55. The van der Waals surface area contributed by atoms with Crippen LogP contribution in [-0.4, -0.2) is 22.2 Å². The normalized spacial score (nSPS) is 15.4. The predicted molar refractivity (Wildman–Crippen MR) is 65.8 cm³/mol. The Morgan fingerprint density at radius 1 is 1.24 bits per heavy atom. The molecular formula is C13H22O4. The zero-order chi connectivity index (χ0) is 13.4. The maximum Gasteiger partial charge on any atom is 0.310 e. The second-order valence-corrected chi connectivity index (χ2v) is 4.65. The van der Waals surface area contributed by atoms with Crippen molar-refractivity contribution in [2.45, 2.75) is 46.5 Å². The molecule has 98 valence electrons. The second kappa shape index (κ2) is 7.87. The van der Waals surface area contributed by atoms with Crippen molar-refractivity contribution < 1.29 is 19.8 Å². The SMILES string of the molecule is CCCC(C)C/C(C)=C/C(CC(=O)O)C(=O)O. The zero-order valence-corrected chi connectivity index (χ0v) is 10.8. The first-order valence-corrected chi connectivity index (χ1v) is 5.98. The van der Waals surface area contributed by atoms with Gasteiger partial charge in [-0.3, -0.25) is 9.59 Å². The van der Waals surface area contributed by atoms with Gasteiger partial charge in [0.25, 0.3) is 0 Å². The molecule has 0 bridgehead atoms. The van der Waals surface area contributed by atoms with Gasteiger partial charge in [-0.25, -0.2) is 0 Å². The standard InChI is InChI=1S/C13H22O4/c1-4-5-9(2)6-10(3)7-11(13(16)17)8-12(14)15/h7,9,11H,4-6,8H2,1-3H3,(H,14,15)(H,16,17)/b10-7+. The Hall–Kier alpha value is -1.32. The van der Waals surface area contributed by atoms with Crippen molar-refractivity contribution in [1.29, 1.82) is 0 Å². The van der Waals surface area contributed by atoms with Gasteiger partial charge in [-0.15, -0.1) is 0 Å². The van der Waals surface area contributed by atoms with Crippen LogP contribution < -0.4 is 0 Å². The molecule has 4 nitrogen and oxygen atoms in total. The Bertz CT molecular complexity index is 294. The average Bonchev–Trinajstić information content (AvgIpc) is 2.15. The molecule has 0 saturated heterocycles. The van der Waals surface area contributed by atoms with Gasteiger partial charge in [-0.05, 0) is 19.3 Å². The Balaban J connectivity index is 4.48. The molecule has 2 unspecified atom stereocenters. The highest BCUT2D eigenvalue weighted by molar-refractivity contribution is 5.79. The molecule has 2 N–H and O–H groups in total. The molecule has 0 rings (SSSR count). The molecule has 0 fully saturated rings. The molecule has 4 heteroatoms. The average molecular weight is 242 g/mol. The zero-order valence-electron chi connectivity index (χ0n) is 10.8. The highest BCUT2D eigenvalue weighted by atomic mass is 16.4. The van der Waals surface area contributed by atoms with Gasteiger partial charge in [0.15, 0.2) is 0 Å². The lowest BCUT2D eigenvalue weighted by atomic mass is 9.94. The van der Waals surface area contributed by atoms with Crippen molar-refractivity contribution in [3.8, 4) is 0 Å². The molecule has 0 saturated carbocycles. The van der Waals surface area contributed by atoms with Crippen molar-refractivity contribution >= 4 is 11.9 Å². The van der Waals surface area contributed by atoms with Crippen molar-refractivity contribution in [2.24, 2.45) is 11.8 Å². The van der Waals surface area contributed by atoms with Crippen LogP contribution in [-0.2, 0) is 9.59 Å². The fraction of sp³-hybridized carbons (Fsp3) is 0.692. The summed E-state index contributed by atoms with van der Waals surface area (Å²) in [6.45, 7) is 6.10. The summed E-state index contributed by atoms with van der Waals surface area (Å²) in [5, 5.41) is 17.5. The third-order valence-electron chi connectivity index (χ3n) is 2.65. The van der Waals surface area contributed by atoms with E-state index in [0.29, 0.717) is 5.92 Å². The van der Waals surface area contributed by atoms with Crippen LogP contribution in [0.3, 0.4) is 0 Å². The summed E-state index contributed by atoms with van der Waals surface area (Å²) in [4.78, 5) is 21.4. The fourth-order valence-corrected chi connectivity index (χ4v) is 1.96. The van der Waals surface area contributed by atoms with Gasteiger partial charge in [0, 0.05) is 0 Å². The molecule has 0 aliphatic heterocycles. The van der Waals surface area contributed by atoms with Crippen molar-refractivity contribution in [2.75, 3.05) is 0 Å². The van der Waals surface area contributed by atoms with E-state index in [4.69, 9.17) is 10.2 Å². The van der Waals surface area contributed by atoms with E-state index in [1.807, 2.05) is 6.92 Å². The Morgan fingerprint density at radius 2 is 1.82 bits per heavy atom. The van der Waals surface area contributed by atoms with E-state index in [9.17, 15) is 9.59 Å². The van der Waals surface area contributed by atoms with Crippen LogP contribution >= 0.6 is 0 Å². The smallest absolute Gasteiger partial charge is 0.310 e. The summed E-state index contributed by atoms with van der Waals surface area (Å²) in [6, 6.07) is 0. The minimum Gasteiger partial charge on any atom is -0.481 e. The first kappa shape index (κ1) is 15.7. The predicted octanol–water partition coefficient (Wildman–Crippen LogP) is 2.93. The first-order valence-electron chi connectivity index (χ1n) is 5.98. The van der Waals surface area contributed by atoms with E-state index in [0.717, 1.165) is 24.8 Å². The summed E-state index contributed by atoms with van der Waals surface area (Å²) >= 11 is 0. The number of aliphatic carboxylic acids is 2. The molecule has 2 atom stereocenters. The topological polar surface area (TPSA) is 74.6 Å². The summed E-state index contributed by atoms with van der Waals surface area (Å²) in [5.41, 5.74) is 0.958. The van der Waals surface area contributed by atoms with Crippen LogP contribution in [0.25, 0.3) is 0 Å². The monoisotopic (exact) mass is 242 g/mol. The van der Waals surface area contributed by atoms with Gasteiger partial charge in [-0.2, -0.15) is 0 Å². The second-order valence-electron chi connectivity index (χ2n) is 4.65. The number of carboxylic acids is 2. The maximum absolute atomic E-state index is 10.9. The number of hydrogen-bond acceptors (Lipinski definition) is 2. The quantitative estimate of drug-likeness (QED) is 0.642. The molecule has 17 heavy (non-hydrogen) atoms. The van der Waals surface area contributed by atoms with Crippen LogP contribution in [0.15, 0.2) is 11.6 Å². The van der Waals surface area contributed by atoms with Gasteiger partial charge < -0.3 is 10.2 Å². The lowest BCUT2D eigenvalue weighted by Gasteiger charge is -2.12. The van der Waals surface area contributed by atoms with E-state index in [1.165, 1.54) is 0 Å². The molecule has 0 aromatic carbocycles. The largest absolute Gasteiger partial charge is 0.481 e. The highest BCUT2D eigenvalue weighted by Crippen LogP contribution is 2.18. The maximum atomic E-state index is 10.9. The fourth-order valence-electron chi connectivity index (χ4n) is 1.96. The Labute approximate surface area is 102 Å². The molecule has 0 aromatic rings. The van der Waals surface area contributed by atoms with Crippen LogP contribution in [0.5, 0.6) is 0 Å². The highest BCUT2D eigenvalue weighted by Gasteiger charge is 2.18. The van der Waals surface area contributed by atoms with E-state index >= 15 is 0 Å². The van der Waals surface area contributed by atoms with E-state index in [2.05, 4.69) is 13.8 Å². The van der Waals surface area contributed by atoms with Crippen LogP contribution in [0, 0.1) is 11.8 Å². The van der Waals surface area contributed by atoms with Crippen LogP contribution in [0.1, 0.15) is 46.5 Å². The van der Waals surface area contributed by atoms with Gasteiger partial charge in [-0.1, -0.05) is 38.3 Å². The van der Waals surface area contributed by atoms with Gasteiger partial charge in [0.05, 0.1) is 12.3 Å². The molecule has 0 radical (unpaired) electrons. The van der Waals surface area contributed by atoms with E-state index in [-0.39, 0.29) is 6.42 Å². The number of carboxylic acid groups (broad SMARTS) is 2. The van der Waals surface area contributed by atoms with Crippen molar-refractivity contribution in [3.63, 3.8) is 0 Å². The summed E-state index contributed by atoms with van der Waals surface area (Å²) in [5.74, 6) is -2.56. The lowest BCUT2D eigenvalue weighted by Crippen LogP contribution is -2.16. The summed E-state index contributed by atoms with van der Waals surface area (Å²) in [7, 11) is 0. The summed E-state index contributed by atoms with van der Waals surface area (Å²) in [6.07, 6.45) is 4.25. The lowest BCUT2D eigenvalue weighted by molar-refractivity contribution is -0.146. The number of allylic oxidation sites excluding steroid dienone is 1. The van der Waals surface area contributed by atoms with E-state index < -0.39 is 17.9 Å². The number of carbonyl (C=O) groups is 2. The molecule has 0 aliphatic rings. The minimum absolute atomic E-state index is 0.352. The molecular weight excluding hydrogens is 220 g/mol. The Kier molecular flexibility index (Phi) is 7.26.